The molecule has 5 nitrogen and oxygen atoms in total. The third kappa shape index (κ3) is 4.04. The molecule has 1 saturated heterocycles. The molecule has 0 aliphatic carbocycles. The van der Waals surface area contributed by atoms with Crippen molar-refractivity contribution in [1.29, 1.82) is 0 Å². The van der Waals surface area contributed by atoms with Crippen molar-refractivity contribution in [2.75, 3.05) is 20.2 Å². The molecule has 1 amide bonds. The van der Waals surface area contributed by atoms with E-state index in [2.05, 4.69) is 10.2 Å². The van der Waals surface area contributed by atoms with Gasteiger partial charge in [0.2, 0.25) is 5.91 Å². The van der Waals surface area contributed by atoms with Crippen LogP contribution in [-0.2, 0) is 11.3 Å². The quantitative estimate of drug-likeness (QED) is 0.837. The van der Waals surface area contributed by atoms with E-state index in [0.717, 1.165) is 37.4 Å². The minimum Gasteiger partial charge on any atom is -0.496 e. The van der Waals surface area contributed by atoms with Crippen LogP contribution in [0.3, 0.4) is 0 Å². The summed E-state index contributed by atoms with van der Waals surface area (Å²) >= 11 is 0. The van der Waals surface area contributed by atoms with Gasteiger partial charge in [-0.3, -0.25) is 14.5 Å². The van der Waals surface area contributed by atoms with E-state index >= 15 is 0 Å². The van der Waals surface area contributed by atoms with Crippen molar-refractivity contribution in [3.63, 3.8) is 0 Å². The van der Waals surface area contributed by atoms with Gasteiger partial charge >= 0.3 is 0 Å². The maximum absolute atomic E-state index is 11.5. The molecule has 2 rings (SSSR count). The first-order chi connectivity index (χ1) is 9.99. The molecule has 0 saturated carbocycles. The second-order valence-electron chi connectivity index (χ2n) is 5.50. The molecule has 1 unspecified atom stereocenters. The summed E-state index contributed by atoms with van der Waals surface area (Å²) in [4.78, 5) is 24.9. The Balaban J connectivity index is 2.07. The minimum absolute atomic E-state index is 0.0120. The number of carbonyl (C=O) groups is 2. The maximum Gasteiger partial charge on any atom is 0.217 e. The first-order valence-electron chi connectivity index (χ1n) is 7.17. The average molecular weight is 290 g/mol. The molecular formula is C16H22N2O3. The number of nitrogens with one attached hydrogen (secondary N) is 1. The normalized spacial score (nSPS) is 18.5. The van der Waals surface area contributed by atoms with Gasteiger partial charge < -0.3 is 10.1 Å². The third-order valence-corrected chi connectivity index (χ3v) is 3.76. The number of hydrogen-bond acceptors (Lipinski definition) is 4. The van der Waals surface area contributed by atoms with Crippen LogP contribution < -0.4 is 10.1 Å². The van der Waals surface area contributed by atoms with E-state index in [1.807, 2.05) is 12.1 Å². The SMILES string of the molecule is COc1ccc(C(C)=O)cc1CN1CCC(NC(C)=O)C1. The summed E-state index contributed by atoms with van der Waals surface area (Å²) < 4.78 is 5.37. The monoisotopic (exact) mass is 290 g/mol. The Morgan fingerprint density at radius 1 is 1.38 bits per heavy atom. The Labute approximate surface area is 125 Å². The summed E-state index contributed by atoms with van der Waals surface area (Å²) in [6, 6.07) is 5.74. The number of benzene rings is 1. The molecule has 1 heterocycles. The van der Waals surface area contributed by atoms with Gasteiger partial charge in [-0.1, -0.05) is 0 Å². The summed E-state index contributed by atoms with van der Waals surface area (Å²) in [6.45, 7) is 5.59. The zero-order chi connectivity index (χ0) is 15.4. The number of rotatable bonds is 5. The fourth-order valence-corrected chi connectivity index (χ4v) is 2.74. The number of ketones is 1. The van der Waals surface area contributed by atoms with Crippen LogP contribution >= 0.6 is 0 Å². The summed E-state index contributed by atoms with van der Waals surface area (Å²) in [7, 11) is 1.64. The van der Waals surface area contributed by atoms with Crippen molar-refractivity contribution >= 4 is 11.7 Å². The standard InChI is InChI=1S/C16H22N2O3/c1-11(19)13-4-5-16(21-3)14(8-13)9-18-7-6-15(10-18)17-12(2)20/h4-5,8,15H,6-7,9-10H2,1-3H3,(H,17,20). The number of nitrogens with zero attached hydrogens (tertiary/aromatic N) is 1. The van der Waals surface area contributed by atoms with Crippen molar-refractivity contribution in [1.82, 2.24) is 10.2 Å². The lowest BCUT2D eigenvalue weighted by atomic mass is 10.1. The maximum atomic E-state index is 11.5. The van der Waals surface area contributed by atoms with Crippen LogP contribution in [0, 0.1) is 0 Å². The molecular weight excluding hydrogens is 268 g/mol. The molecule has 1 N–H and O–H groups in total. The Morgan fingerprint density at radius 3 is 2.76 bits per heavy atom. The molecule has 5 heteroatoms. The summed E-state index contributed by atoms with van der Waals surface area (Å²) in [5.74, 6) is 0.859. The minimum atomic E-state index is 0.0120. The molecule has 0 spiro atoms. The highest BCUT2D eigenvalue weighted by molar-refractivity contribution is 5.94. The molecule has 1 aromatic carbocycles. The number of ether oxygens (including phenoxy) is 1. The van der Waals surface area contributed by atoms with Crippen molar-refractivity contribution in [2.45, 2.75) is 32.9 Å². The van der Waals surface area contributed by atoms with Gasteiger partial charge in [-0.2, -0.15) is 0 Å². The Hall–Kier alpha value is -1.88. The second-order valence-corrected chi connectivity index (χ2v) is 5.50. The van der Waals surface area contributed by atoms with Crippen LogP contribution in [0.15, 0.2) is 18.2 Å². The summed E-state index contributed by atoms with van der Waals surface area (Å²) in [6.07, 6.45) is 0.953. The van der Waals surface area contributed by atoms with Crippen LogP contribution in [-0.4, -0.2) is 42.8 Å². The fraction of sp³-hybridized carbons (Fsp3) is 0.500. The first kappa shape index (κ1) is 15.5. The van der Waals surface area contributed by atoms with Crippen molar-refractivity contribution in [3.05, 3.63) is 29.3 Å². The molecule has 1 atom stereocenters. The van der Waals surface area contributed by atoms with Gasteiger partial charge in [-0.05, 0) is 31.5 Å². The van der Waals surface area contributed by atoms with Crippen molar-refractivity contribution < 1.29 is 14.3 Å². The van der Waals surface area contributed by atoms with Crippen molar-refractivity contribution in [3.8, 4) is 5.75 Å². The topological polar surface area (TPSA) is 58.6 Å². The molecule has 0 radical (unpaired) electrons. The van der Waals surface area contributed by atoms with E-state index in [4.69, 9.17) is 4.74 Å². The third-order valence-electron chi connectivity index (χ3n) is 3.76. The van der Waals surface area contributed by atoms with E-state index in [1.54, 1.807) is 27.0 Å². The highest BCUT2D eigenvalue weighted by Gasteiger charge is 2.23. The summed E-state index contributed by atoms with van der Waals surface area (Å²) in [5, 5.41) is 2.95. The van der Waals surface area contributed by atoms with Gasteiger partial charge in [0.05, 0.1) is 7.11 Å². The van der Waals surface area contributed by atoms with Gasteiger partial charge in [0.1, 0.15) is 5.75 Å². The Morgan fingerprint density at radius 2 is 2.14 bits per heavy atom. The highest BCUT2D eigenvalue weighted by atomic mass is 16.5. The molecule has 1 aromatic rings. The first-order valence-corrected chi connectivity index (χ1v) is 7.17. The van der Waals surface area contributed by atoms with Gasteiger partial charge in [-0.15, -0.1) is 0 Å². The lowest BCUT2D eigenvalue weighted by Crippen LogP contribution is -2.35. The average Bonchev–Trinajstić information content (AvgIpc) is 2.85. The van der Waals surface area contributed by atoms with E-state index in [1.165, 1.54) is 0 Å². The molecule has 1 fully saturated rings. The van der Waals surface area contributed by atoms with Gasteiger partial charge in [0, 0.05) is 43.7 Å². The number of likely N-dealkylation sites (tertiary alicyclic amines) is 1. The zero-order valence-electron chi connectivity index (χ0n) is 12.8. The van der Waals surface area contributed by atoms with E-state index in [0.29, 0.717) is 5.56 Å². The number of hydrogen-bond donors (Lipinski definition) is 1. The van der Waals surface area contributed by atoms with Crippen LogP contribution in [0.5, 0.6) is 5.75 Å². The molecule has 0 aromatic heterocycles. The van der Waals surface area contributed by atoms with Crippen LogP contribution in [0.2, 0.25) is 0 Å². The molecule has 21 heavy (non-hydrogen) atoms. The predicted octanol–water partition coefficient (Wildman–Crippen LogP) is 1.61. The van der Waals surface area contributed by atoms with E-state index < -0.39 is 0 Å². The number of carbonyl (C=O) groups excluding carboxylic acids is 2. The Bertz CT molecular complexity index is 542. The molecule has 1 aliphatic heterocycles. The fourth-order valence-electron chi connectivity index (χ4n) is 2.74. The zero-order valence-corrected chi connectivity index (χ0v) is 12.8. The van der Waals surface area contributed by atoms with E-state index in [-0.39, 0.29) is 17.7 Å². The second kappa shape index (κ2) is 6.72. The molecule has 114 valence electrons. The highest BCUT2D eigenvalue weighted by Crippen LogP contribution is 2.23. The predicted molar refractivity (Wildman–Crippen MR) is 80.5 cm³/mol. The number of Topliss-reactive ketones (excluding diaryl/α,β-unsaturated/α-hetero) is 1. The lowest BCUT2D eigenvalue weighted by molar-refractivity contribution is -0.119. The van der Waals surface area contributed by atoms with Crippen LogP contribution in [0.25, 0.3) is 0 Å². The van der Waals surface area contributed by atoms with Crippen LogP contribution in [0.4, 0.5) is 0 Å². The van der Waals surface area contributed by atoms with Crippen molar-refractivity contribution in [2.24, 2.45) is 0 Å². The summed E-state index contributed by atoms with van der Waals surface area (Å²) in [5.41, 5.74) is 1.71. The smallest absolute Gasteiger partial charge is 0.217 e. The van der Waals surface area contributed by atoms with Gasteiger partial charge in [0.15, 0.2) is 5.78 Å². The molecule has 0 bridgehead atoms. The Kier molecular flexibility index (Phi) is 4.96. The van der Waals surface area contributed by atoms with Gasteiger partial charge in [-0.25, -0.2) is 0 Å². The van der Waals surface area contributed by atoms with E-state index in [9.17, 15) is 9.59 Å². The molecule has 1 aliphatic rings. The number of amides is 1. The van der Waals surface area contributed by atoms with Gasteiger partial charge in [0.25, 0.3) is 0 Å². The largest absolute Gasteiger partial charge is 0.496 e. The van der Waals surface area contributed by atoms with Crippen LogP contribution in [0.1, 0.15) is 36.2 Å². The lowest BCUT2D eigenvalue weighted by Gasteiger charge is -2.18. The number of methoxy groups -OCH3 is 1.